The van der Waals surface area contributed by atoms with Crippen LogP contribution in [-0.4, -0.2) is 6.21 Å². The van der Waals surface area contributed by atoms with E-state index in [1.165, 1.54) is 6.07 Å². The average Bonchev–Trinajstić information content (AvgIpc) is 2.29. The topological polar surface area (TPSA) is 12.4 Å². The maximum Gasteiger partial charge on any atom is 0.148 e. The summed E-state index contributed by atoms with van der Waals surface area (Å²) in [6.45, 7) is 0. The summed E-state index contributed by atoms with van der Waals surface area (Å²) in [5.74, 6) is -0.301. The van der Waals surface area contributed by atoms with Crippen LogP contribution in [0.3, 0.4) is 0 Å². The minimum atomic E-state index is -0.301. The second kappa shape index (κ2) is 4.51. The number of hydrogen-bond donors (Lipinski definition) is 0. The van der Waals surface area contributed by atoms with Crippen molar-refractivity contribution in [1.29, 1.82) is 0 Å². The lowest BCUT2D eigenvalue weighted by Crippen LogP contribution is -1.79. The molecular formula is C13H10FN. The van der Waals surface area contributed by atoms with Crippen LogP contribution in [0.2, 0.25) is 0 Å². The molecule has 0 N–H and O–H groups in total. The molecule has 0 fully saturated rings. The third kappa shape index (κ3) is 2.50. The molecule has 0 aromatic heterocycles. The van der Waals surface area contributed by atoms with Gasteiger partial charge in [-0.1, -0.05) is 42.5 Å². The molecule has 2 heteroatoms. The van der Waals surface area contributed by atoms with E-state index in [1.54, 1.807) is 24.4 Å². The van der Waals surface area contributed by atoms with Crippen LogP contribution in [0.15, 0.2) is 59.6 Å². The van der Waals surface area contributed by atoms with Crippen molar-refractivity contribution in [3.05, 3.63) is 66.0 Å². The molecular weight excluding hydrogens is 189 g/mol. The van der Waals surface area contributed by atoms with Gasteiger partial charge in [0.2, 0.25) is 0 Å². The van der Waals surface area contributed by atoms with E-state index in [-0.39, 0.29) is 5.82 Å². The Morgan fingerprint density at radius 1 is 0.867 bits per heavy atom. The van der Waals surface area contributed by atoms with Gasteiger partial charge in [0.25, 0.3) is 0 Å². The summed E-state index contributed by atoms with van der Waals surface area (Å²) >= 11 is 0. The quantitative estimate of drug-likeness (QED) is 0.655. The predicted molar refractivity (Wildman–Crippen MR) is 60.1 cm³/mol. The van der Waals surface area contributed by atoms with Gasteiger partial charge in [-0.3, -0.25) is 4.99 Å². The van der Waals surface area contributed by atoms with E-state index in [0.29, 0.717) is 5.69 Å². The molecule has 0 saturated heterocycles. The Hall–Kier alpha value is -1.96. The van der Waals surface area contributed by atoms with E-state index >= 15 is 0 Å². The maximum absolute atomic E-state index is 13.2. The van der Waals surface area contributed by atoms with E-state index < -0.39 is 0 Å². The van der Waals surface area contributed by atoms with Crippen molar-refractivity contribution in [2.24, 2.45) is 4.99 Å². The number of halogens is 1. The number of rotatable bonds is 2. The third-order valence-corrected chi connectivity index (χ3v) is 2.00. The molecule has 0 amide bonds. The summed E-state index contributed by atoms with van der Waals surface area (Å²) in [7, 11) is 0. The Morgan fingerprint density at radius 2 is 1.53 bits per heavy atom. The van der Waals surface area contributed by atoms with Crippen LogP contribution in [-0.2, 0) is 0 Å². The van der Waals surface area contributed by atoms with E-state index in [1.807, 2.05) is 30.3 Å². The Labute approximate surface area is 87.9 Å². The summed E-state index contributed by atoms with van der Waals surface area (Å²) in [5, 5.41) is 0. The third-order valence-electron chi connectivity index (χ3n) is 2.00. The molecule has 0 atom stereocenters. The molecule has 0 aliphatic carbocycles. The average molecular weight is 199 g/mol. The zero-order valence-electron chi connectivity index (χ0n) is 8.10. The highest BCUT2D eigenvalue weighted by Crippen LogP contribution is 2.15. The van der Waals surface area contributed by atoms with Gasteiger partial charge in [-0.25, -0.2) is 4.39 Å². The first-order valence-corrected chi connectivity index (χ1v) is 4.70. The van der Waals surface area contributed by atoms with Crippen LogP contribution >= 0.6 is 0 Å². The Kier molecular flexibility index (Phi) is 2.88. The van der Waals surface area contributed by atoms with Crippen molar-refractivity contribution in [3.8, 4) is 0 Å². The van der Waals surface area contributed by atoms with Crippen LogP contribution in [0.1, 0.15) is 5.56 Å². The van der Waals surface area contributed by atoms with Gasteiger partial charge in [0.05, 0.1) is 5.69 Å². The highest BCUT2D eigenvalue weighted by Gasteiger charge is 1.95. The van der Waals surface area contributed by atoms with E-state index in [0.717, 1.165) is 5.56 Å². The lowest BCUT2D eigenvalue weighted by atomic mass is 10.2. The van der Waals surface area contributed by atoms with Crippen molar-refractivity contribution < 1.29 is 4.39 Å². The van der Waals surface area contributed by atoms with Gasteiger partial charge in [-0.05, 0) is 17.7 Å². The maximum atomic E-state index is 13.2. The molecule has 2 rings (SSSR count). The van der Waals surface area contributed by atoms with E-state index in [2.05, 4.69) is 4.99 Å². The summed E-state index contributed by atoms with van der Waals surface area (Å²) < 4.78 is 13.2. The molecule has 0 unspecified atom stereocenters. The molecule has 0 radical (unpaired) electrons. The lowest BCUT2D eigenvalue weighted by molar-refractivity contribution is 0.630. The van der Waals surface area contributed by atoms with Crippen molar-refractivity contribution in [1.82, 2.24) is 0 Å². The number of para-hydroxylation sites is 1. The fraction of sp³-hybridized carbons (Fsp3) is 0. The molecule has 0 spiro atoms. The highest BCUT2D eigenvalue weighted by molar-refractivity contribution is 5.81. The number of nitrogens with zero attached hydrogens (tertiary/aromatic N) is 1. The van der Waals surface area contributed by atoms with Gasteiger partial charge in [-0.2, -0.15) is 0 Å². The normalized spacial score (nSPS) is 10.7. The van der Waals surface area contributed by atoms with Crippen molar-refractivity contribution >= 4 is 11.9 Å². The summed E-state index contributed by atoms with van der Waals surface area (Å²) in [4.78, 5) is 4.08. The Balaban J connectivity index is 2.23. The number of aliphatic imine (C=N–C) groups is 1. The van der Waals surface area contributed by atoms with Gasteiger partial charge >= 0.3 is 0 Å². The molecule has 0 saturated carbocycles. The molecule has 74 valence electrons. The van der Waals surface area contributed by atoms with Crippen LogP contribution < -0.4 is 0 Å². The minimum Gasteiger partial charge on any atom is -0.253 e. The Bertz CT molecular complexity index is 463. The largest absolute Gasteiger partial charge is 0.253 e. The van der Waals surface area contributed by atoms with Crippen LogP contribution in [0, 0.1) is 5.82 Å². The van der Waals surface area contributed by atoms with Crippen molar-refractivity contribution in [3.63, 3.8) is 0 Å². The fourth-order valence-electron chi connectivity index (χ4n) is 1.24. The van der Waals surface area contributed by atoms with Crippen molar-refractivity contribution in [2.45, 2.75) is 0 Å². The SMILES string of the molecule is Fc1ccccc1/N=C/c1ccccc1. The zero-order chi connectivity index (χ0) is 10.5. The second-order valence-corrected chi connectivity index (χ2v) is 3.12. The second-order valence-electron chi connectivity index (χ2n) is 3.12. The van der Waals surface area contributed by atoms with Gasteiger partial charge in [0.1, 0.15) is 5.82 Å². The summed E-state index contributed by atoms with van der Waals surface area (Å²) in [6, 6.07) is 16.1. The molecule has 15 heavy (non-hydrogen) atoms. The Morgan fingerprint density at radius 3 is 2.27 bits per heavy atom. The van der Waals surface area contributed by atoms with Gasteiger partial charge in [-0.15, -0.1) is 0 Å². The van der Waals surface area contributed by atoms with Gasteiger partial charge in [0, 0.05) is 6.21 Å². The summed E-state index contributed by atoms with van der Waals surface area (Å²) in [5.41, 5.74) is 1.32. The van der Waals surface area contributed by atoms with Crippen LogP contribution in [0.4, 0.5) is 10.1 Å². The molecule has 0 heterocycles. The molecule has 0 aliphatic heterocycles. The summed E-state index contributed by atoms with van der Waals surface area (Å²) in [6.07, 6.45) is 1.65. The smallest absolute Gasteiger partial charge is 0.148 e. The first kappa shape index (κ1) is 9.59. The lowest BCUT2D eigenvalue weighted by Gasteiger charge is -1.95. The highest BCUT2D eigenvalue weighted by atomic mass is 19.1. The van der Waals surface area contributed by atoms with E-state index in [4.69, 9.17) is 0 Å². The molecule has 2 aromatic rings. The molecule has 1 nitrogen and oxygen atoms in total. The monoisotopic (exact) mass is 199 g/mol. The fourth-order valence-corrected chi connectivity index (χ4v) is 1.24. The van der Waals surface area contributed by atoms with E-state index in [9.17, 15) is 4.39 Å². The predicted octanol–water partition coefficient (Wildman–Crippen LogP) is 3.58. The first-order valence-electron chi connectivity index (χ1n) is 4.70. The zero-order valence-corrected chi connectivity index (χ0v) is 8.10. The minimum absolute atomic E-state index is 0.301. The molecule has 0 aliphatic rings. The van der Waals surface area contributed by atoms with Gasteiger partial charge < -0.3 is 0 Å². The van der Waals surface area contributed by atoms with Crippen LogP contribution in [0.5, 0.6) is 0 Å². The number of benzene rings is 2. The molecule has 0 bridgehead atoms. The molecule has 2 aromatic carbocycles. The van der Waals surface area contributed by atoms with Gasteiger partial charge in [0.15, 0.2) is 0 Å². The number of hydrogen-bond acceptors (Lipinski definition) is 1. The standard InChI is InChI=1S/C13H10FN/c14-12-8-4-5-9-13(12)15-10-11-6-2-1-3-7-11/h1-10H/b15-10+. The van der Waals surface area contributed by atoms with Crippen molar-refractivity contribution in [2.75, 3.05) is 0 Å². The first-order chi connectivity index (χ1) is 7.36. The van der Waals surface area contributed by atoms with Crippen LogP contribution in [0.25, 0.3) is 0 Å².